The topological polar surface area (TPSA) is 77.5 Å². The maximum absolute atomic E-state index is 12.0. The highest BCUT2D eigenvalue weighted by atomic mass is 16.3. The Bertz CT molecular complexity index is 1020. The normalized spacial score (nSPS) is 11.6. The van der Waals surface area contributed by atoms with Crippen LogP contribution in [0.4, 0.5) is 11.5 Å². The second-order valence-corrected chi connectivity index (χ2v) is 8.53. The number of carbonyl (C=O) groups excluding carboxylic acids is 1. The number of amides is 1. The molecule has 3 N–H and O–H groups in total. The molecule has 1 atom stereocenters. The Hall–Kier alpha value is -3.38. The molecule has 0 bridgehead atoms. The summed E-state index contributed by atoms with van der Waals surface area (Å²) in [6, 6.07) is 20.8. The molecule has 0 spiro atoms. The third kappa shape index (κ3) is 7.61. The van der Waals surface area contributed by atoms with Crippen molar-refractivity contribution >= 4 is 17.4 Å². The molecule has 3 rings (SSSR count). The van der Waals surface area contributed by atoms with E-state index in [9.17, 15) is 9.90 Å². The van der Waals surface area contributed by atoms with Crippen LogP contribution in [-0.2, 0) is 17.6 Å². The number of pyridine rings is 1. The minimum absolute atomic E-state index is 0.0687. The van der Waals surface area contributed by atoms with Crippen LogP contribution in [0, 0.1) is 13.8 Å². The van der Waals surface area contributed by atoms with Crippen molar-refractivity contribution in [2.45, 2.75) is 32.7 Å². The summed E-state index contributed by atoms with van der Waals surface area (Å²) >= 11 is 0. The van der Waals surface area contributed by atoms with Crippen molar-refractivity contribution in [3.63, 3.8) is 0 Å². The Kier molecular flexibility index (Phi) is 8.84. The highest BCUT2D eigenvalue weighted by Gasteiger charge is 2.18. The molecule has 6 heteroatoms. The summed E-state index contributed by atoms with van der Waals surface area (Å²) in [5.41, 5.74) is 5.85. The second kappa shape index (κ2) is 12.0. The minimum atomic E-state index is -0.497. The van der Waals surface area contributed by atoms with Gasteiger partial charge in [0.2, 0.25) is 5.91 Å². The van der Waals surface area contributed by atoms with E-state index in [1.54, 1.807) is 18.1 Å². The fourth-order valence-corrected chi connectivity index (χ4v) is 3.68. The first-order valence-corrected chi connectivity index (χ1v) is 11.4. The SMILES string of the molecule is Cc1ccc(CCNc2cccnc2N[C@@H](Cc2ccc(C)cc2)CN(C)C(=O)CO)cc1. The van der Waals surface area contributed by atoms with E-state index in [2.05, 4.69) is 78.0 Å². The third-order valence-corrected chi connectivity index (χ3v) is 5.66. The zero-order valence-corrected chi connectivity index (χ0v) is 19.7. The van der Waals surface area contributed by atoms with Crippen LogP contribution < -0.4 is 10.6 Å². The van der Waals surface area contributed by atoms with Crippen molar-refractivity contribution in [2.75, 3.05) is 37.4 Å². The number of aryl methyl sites for hydroxylation is 2. The van der Waals surface area contributed by atoms with Crippen LogP contribution in [0.15, 0.2) is 66.9 Å². The Morgan fingerprint density at radius 1 is 1.00 bits per heavy atom. The molecule has 0 aliphatic heterocycles. The number of nitrogens with one attached hydrogen (secondary N) is 2. The quantitative estimate of drug-likeness (QED) is 0.417. The van der Waals surface area contributed by atoms with Crippen molar-refractivity contribution < 1.29 is 9.90 Å². The van der Waals surface area contributed by atoms with Crippen molar-refractivity contribution in [3.8, 4) is 0 Å². The predicted molar refractivity (Wildman–Crippen MR) is 135 cm³/mol. The summed E-state index contributed by atoms with van der Waals surface area (Å²) in [4.78, 5) is 18.1. The Labute approximate surface area is 196 Å². The van der Waals surface area contributed by atoms with Gasteiger partial charge in [-0.1, -0.05) is 59.7 Å². The van der Waals surface area contributed by atoms with Gasteiger partial charge < -0.3 is 20.6 Å². The van der Waals surface area contributed by atoms with Gasteiger partial charge in [0.05, 0.1) is 5.69 Å². The van der Waals surface area contributed by atoms with Gasteiger partial charge in [0.15, 0.2) is 0 Å². The number of carbonyl (C=O) groups is 1. The molecule has 3 aromatic rings. The van der Waals surface area contributed by atoms with Crippen molar-refractivity contribution in [1.82, 2.24) is 9.88 Å². The molecule has 0 aliphatic rings. The van der Waals surface area contributed by atoms with E-state index in [0.717, 1.165) is 30.9 Å². The molecule has 0 saturated carbocycles. The molecule has 0 fully saturated rings. The van der Waals surface area contributed by atoms with Gasteiger partial charge in [-0.3, -0.25) is 4.79 Å². The molecule has 0 aliphatic carbocycles. The molecular weight excluding hydrogens is 412 g/mol. The second-order valence-electron chi connectivity index (χ2n) is 8.53. The number of likely N-dealkylation sites (N-methyl/N-ethyl adjacent to an activating group) is 1. The minimum Gasteiger partial charge on any atom is -0.387 e. The fraction of sp³-hybridized carbons (Fsp3) is 0.333. The van der Waals surface area contributed by atoms with Gasteiger partial charge in [-0.25, -0.2) is 4.98 Å². The first-order chi connectivity index (χ1) is 15.9. The van der Waals surface area contributed by atoms with E-state index in [1.807, 2.05) is 12.1 Å². The first kappa shape index (κ1) is 24.3. The highest BCUT2D eigenvalue weighted by molar-refractivity contribution is 5.77. The largest absolute Gasteiger partial charge is 0.387 e. The molecule has 33 heavy (non-hydrogen) atoms. The molecule has 174 valence electrons. The van der Waals surface area contributed by atoms with Crippen LogP contribution in [0.1, 0.15) is 22.3 Å². The van der Waals surface area contributed by atoms with Crippen LogP contribution in [0.25, 0.3) is 0 Å². The summed E-state index contributed by atoms with van der Waals surface area (Å²) in [5, 5.41) is 16.3. The van der Waals surface area contributed by atoms with Crippen molar-refractivity contribution in [1.29, 1.82) is 0 Å². The van der Waals surface area contributed by atoms with Crippen LogP contribution >= 0.6 is 0 Å². The maximum Gasteiger partial charge on any atom is 0.248 e. The number of aliphatic hydroxyl groups excluding tert-OH is 1. The van der Waals surface area contributed by atoms with E-state index in [0.29, 0.717) is 6.54 Å². The fourth-order valence-electron chi connectivity index (χ4n) is 3.68. The zero-order chi connectivity index (χ0) is 23.6. The lowest BCUT2D eigenvalue weighted by molar-refractivity contribution is -0.132. The van der Waals surface area contributed by atoms with E-state index < -0.39 is 6.61 Å². The molecule has 2 aromatic carbocycles. The summed E-state index contributed by atoms with van der Waals surface area (Å²) in [6.45, 7) is 4.90. The molecule has 1 amide bonds. The number of benzene rings is 2. The van der Waals surface area contributed by atoms with Gasteiger partial charge in [0.1, 0.15) is 12.4 Å². The lowest BCUT2D eigenvalue weighted by atomic mass is 10.0. The number of hydrogen-bond donors (Lipinski definition) is 3. The molecular formula is C27H34N4O2. The lowest BCUT2D eigenvalue weighted by Crippen LogP contribution is -2.40. The molecule has 0 unspecified atom stereocenters. The molecule has 0 saturated heterocycles. The van der Waals surface area contributed by atoms with Gasteiger partial charge in [0.25, 0.3) is 0 Å². The van der Waals surface area contributed by atoms with Gasteiger partial charge in [-0.15, -0.1) is 0 Å². The number of anilines is 2. The number of rotatable bonds is 11. The van der Waals surface area contributed by atoms with E-state index in [-0.39, 0.29) is 11.9 Å². The number of aromatic nitrogens is 1. The maximum atomic E-state index is 12.0. The van der Waals surface area contributed by atoms with E-state index in [4.69, 9.17) is 0 Å². The molecule has 0 radical (unpaired) electrons. The van der Waals surface area contributed by atoms with E-state index >= 15 is 0 Å². The monoisotopic (exact) mass is 446 g/mol. The lowest BCUT2D eigenvalue weighted by Gasteiger charge is -2.26. The van der Waals surface area contributed by atoms with Crippen LogP contribution in [0.3, 0.4) is 0 Å². The molecule has 1 heterocycles. The molecule has 6 nitrogen and oxygen atoms in total. The number of nitrogens with zero attached hydrogens (tertiary/aromatic N) is 2. The zero-order valence-electron chi connectivity index (χ0n) is 19.7. The number of hydrogen-bond acceptors (Lipinski definition) is 5. The van der Waals surface area contributed by atoms with Gasteiger partial charge in [-0.05, 0) is 49.9 Å². The Balaban J connectivity index is 1.70. The summed E-state index contributed by atoms with van der Waals surface area (Å²) in [5.74, 6) is 0.450. The highest BCUT2D eigenvalue weighted by Crippen LogP contribution is 2.20. The van der Waals surface area contributed by atoms with Gasteiger partial charge >= 0.3 is 0 Å². The number of aliphatic hydroxyl groups is 1. The standard InChI is InChI=1S/C27H34N4O2/c1-20-6-10-22(11-7-20)14-16-28-25-5-4-15-29-27(25)30-24(18-31(3)26(33)19-32)17-23-12-8-21(2)9-13-23/h4-13,15,24,28,32H,14,16-19H2,1-3H3,(H,29,30)/t24-/m0/s1. The van der Waals surface area contributed by atoms with Crippen LogP contribution in [0.5, 0.6) is 0 Å². The third-order valence-electron chi connectivity index (χ3n) is 5.66. The Morgan fingerprint density at radius 2 is 1.64 bits per heavy atom. The van der Waals surface area contributed by atoms with Crippen molar-refractivity contribution in [2.24, 2.45) is 0 Å². The summed E-state index contributed by atoms with van der Waals surface area (Å²) in [6.07, 6.45) is 3.40. The summed E-state index contributed by atoms with van der Waals surface area (Å²) < 4.78 is 0. The average molecular weight is 447 g/mol. The molecule has 1 aromatic heterocycles. The van der Waals surface area contributed by atoms with E-state index in [1.165, 1.54) is 22.3 Å². The van der Waals surface area contributed by atoms with Crippen LogP contribution in [-0.4, -0.2) is 53.7 Å². The Morgan fingerprint density at radius 3 is 2.27 bits per heavy atom. The van der Waals surface area contributed by atoms with Gasteiger partial charge in [-0.2, -0.15) is 0 Å². The summed E-state index contributed by atoms with van der Waals surface area (Å²) in [7, 11) is 1.71. The average Bonchev–Trinajstić information content (AvgIpc) is 2.82. The first-order valence-electron chi connectivity index (χ1n) is 11.4. The predicted octanol–water partition coefficient (Wildman–Crippen LogP) is 3.83. The van der Waals surface area contributed by atoms with Gasteiger partial charge in [0, 0.05) is 32.4 Å². The smallest absolute Gasteiger partial charge is 0.248 e. The van der Waals surface area contributed by atoms with Crippen LogP contribution in [0.2, 0.25) is 0 Å². The van der Waals surface area contributed by atoms with Crippen molar-refractivity contribution in [3.05, 3.63) is 89.1 Å².